The van der Waals surface area contributed by atoms with E-state index >= 15 is 0 Å². The molecule has 0 bridgehead atoms. The molecule has 1 aliphatic heterocycles. The quantitative estimate of drug-likeness (QED) is 0.737. The van der Waals surface area contributed by atoms with Crippen molar-refractivity contribution in [1.82, 2.24) is 4.90 Å². The van der Waals surface area contributed by atoms with Gasteiger partial charge in [-0.1, -0.05) is 6.07 Å². The number of hydrogen-bond donors (Lipinski definition) is 1. The zero-order chi connectivity index (χ0) is 12.1. The Balaban J connectivity index is 2.09. The first-order valence-electron chi connectivity index (χ1n) is 5.52. The van der Waals surface area contributed by atoms with Crippen LogP contribution in [0.3, 0.4) is 0 Å². The van der Waals surface area contributed by atoms with Gasteiger partial charge in [0, 0.05) is 18.7 Å². The van der Waals surface area contributed by atoms with Gasteiger partial charge in [-0.15, -0.1) is 0 Å². The van der Waals surface area contributed by atoms with Crippen molar-refractivity contribution in [2.24, 2.45) is 0 Å². The first-order chi connectivity index (χ1) is 8.31. The summed E-state index contributed by atoms with van der Waals surface area (Å²) in [6.07, 6.45) is 0. The van der Waals surface area contributed by atoms with Crippen molar-refractivity contribution in [3.8, 4) is 5.75 Å². The Hall–Kier alpha value is -1.53. The summed E-state index contributed by atoms with van der Waals surface area (Å²) in [5.41, 5.74) is 0.567. The number of nitrogens with zero attached hydrogens (tertiary/aromatic N) is 1. The van der Waals surface area contributed by atoms with Crippen LogP contribution in [0.2, 0.25) is 0 Å². The van der Waals surface area contributed by atoms with Crippen LogP contribution in [0, 0.1) is 0 Å². The van der Waals surface area contributed by atoms with Crippen molar-refractivity contribution in [2.75, 3.05) is 26.3 Å². The van der Waals surface area contributed by atoms with Gasteiger partial charge in [0.25, 0.3) is 5.91 Å². The first kappa shape index (κ1) is 11.9. The lowest BCUT2D eigenvalue weighted by Crippen LogP contribution is -2.40. The van der Waals surface area contributed by atoms with Crippen molar-refractivity contribution in [1.29, 1.82) is 0 Å². The molecule has 1 saturated heterocycles. The highest BCUT2D eigenvalue weighted by Crippen LogP contribution is 2.15. The van der Waals surface area contributed by atoms with Gasteiger partial charge >= 0.3 is 7.69 Å². The summed E-state index contributed by atoms with van der Waals surface area (Å²) in [7, 11) is -0.394. The van der Waals surface area contributed by atoms with Crippen LogP contribution in [-0.4, -0.2) is 49.8 Å². The van der Waals surface area contributed by atoms with Crippen LogP contribution in [0.25, 0.3) is 0 Å². The van der Waals surface area contributed by atoms with Crippen molar-refractivity contribution >= 4 is 13.6 Å². The maximum atomic E-state index is 12.1. The SMILES string of the molecule is O=C(c1cccc(OBO)c1)N1CCOCC1. The summed E-state index contributed by atoms with van der Waals surface area (Å²) in [6, 6.07) is 6.81. The van der Waals surface area contributed by atoms with E-state index in [1.165, 1.54) is 0 Å². The molecule has 1 aliphatic rings. The molecule has 1 N–H and O–H groups in total. The zero-order valence-electron chi connectivity index (χ0n) is 9.46. The van der Waals surface area contributed by atoms with E-state index in [-0.39, 0.29) is 5.91 Å². The third-order valence-corrected chi connectivity index (χ3v) is 2.61. The molecule has 1 aromatic rings. The van der Waals surface area contributed by atoms with Gasteiger partial charge in [-0.25, -0.2) is 0 Å². The van der Waals surface area contributed by atoms with E-state index < -0.39 is 7.69 Å². The Labute approximate surface area is 100 Å². The summed E-state index contributed by atoms with van der Waals surface area (Å²) < 4.78 is 10.1. The van der Waals surface area contributed by atoms with Crippen molar-refractivity contribution in [3.05, 3.63) is 29.8 Å². The second-order valence-corrected chi connectivity index (χ2v) is 3.71. The van der Waals surface area contributed by atoms with Gasteiger partial charge in [0.15, 0.2) is 0 Å². The van der Waals surface area contributed by atoms with E-state index in [1.54, 1.807) is 29.2 Å². The molecule has 2 rings (SSSR count). The number of carbonyl (C=O) groups is 1. The molecule has 1 fully saturated rings. The lowest BCUT2D eigenvalue weighted by atomic mass is 10.1. The van der Waals surface area contributed by atoms with E-state index in [9.17, 15) is 4.79 Å². The van der Waals surface area contributed by atoms with Crippen LogP contribution in [0.5, 0.6) is 5.75 Å². The topological polar surface area (TPSA) is 59.0 Å². The zero-order valence-corrected chi connectivity index (χ0v) is 9.46. The van der Waals surface area contributed by atoms with Crippen molar-refractivity contribution < 1.29 is 19.2 Å². The molecule has 6 heteroatoms. The highest BCUT2D eigenvalue weighted by atomic mass is 16.5. The predicted molar refractivity (Wildman–Crippen MR) is 63.2 cm³/mol. The maximum Gasteiger partial charge on any atom is 0.504 e. The Kier molecular flexibility index (Phi) is 4.00. The second kappa shape index (κ2) is 5.70. The first-order valence-corrected chi connectivity index (χ1v) is 5.52. The summed E-state index contributed by atoms with van der Waals surface area (Å²) in [6.45, 7) is 2.39. The largest absolute Gasteiger partial charge is 0.539 e. The van der Waals surface area contributed by atoms with Crippen LogP contribution >= 0.6 is 0 Å². The van der Waals surface area contributed by atoms with Gasteiger partial charge in [0.2, 0.25) is 0 Å². The van der Waals surface area contributed by atoms with E-state index in [1.807, 2.05) is 0 Å². The summed E-state index contributed by atoms with van der Waals surface area (Å²) in [5, 5.41) is 8.66. The van der Waals surface area contributed by atoms with Gasteiger partial charge in [-0.05, 0) is 18.2 Å². The molecule has 0 unspecified atom stereocenters. The fourth-order valence-corrected chi connectivity index (χ4v) is 1.74. The van der Waals surface area contributed by atoms with Crippen molar-refractivity contribution in [3.63, 3.8) is 0 Å². The van der Waals surface area contributed by atoms with Gasteiger partial charge in [-0.3, -0.25) is 4.79 Å². The van der Waals surface area contributed by atoms with Crippen LogP contribution in [0.1, 0.15) is 10.4 Å². The Morgan fingerprint density at radius 1 is 1.41 bits per heavy atom. The van der Waals surface area contributed by atoms with Crippen LogP contribution in [0.4, 0.5) is 0 Å². The van der Waals surface area contributed by atoms with E-state index in [4.69, 9.17) is 14.4 Å². The van der Waals surface area contributed by atoms with Gasteiger partial charge in [0.1, 0.15) is 5.75 Å². The standard InChI is InChI=1S/C11H14BNO4/c14-11(13-4-6-16-7-5-13)9-2-1-3-10(8-9)17-12-15/h1-3,8,12,15H,4-7H2. The van der Waals surface area contributed by atoms with E-state index in [2.05, 4.69) is 0 Å². The number of carbonyl (C=O) groups excluding carboxylic acids is 1. The average Bonchev–Trinajstić information content (AvgIpc) is 2.40. The second-order valence-electron chi connectivity index (χ2n) is 3.71. The Morgan fingerprint density at radius 2 is 2.18 bits per heavy atom. The number of morpholine rings is 1. The molecule has 0 aromatic heterocycles. The maximum absolute atomic E-state index is 12.1. The summed E-state index contributed by atoms with van der Waals surface area (Å²) >= 11 is 0. The highest BCUT2D eigenvalue weighted by molar-refractivity contribution is 6.17. The summed E-state index contributed by atoms with van der Waals surface area (Å²) in [4.78, 5) is 13.9. The Bertz CT molecular complexity index is 393. The molecule has 0 spiro atoms. The number of amides is 1. The van der Waals surface area contributed by atoms with Crippen molar-refractivity contribution in [2.45, 2.75) is 0 Å². The molecule has 1 aromatic carbocycles. The smallest absolute Gasteiger partial charge is 0.504 e. The lowest BCUT2D eigenvalue weighted by molar-refractivity contribution is 0.0303. The number of rotatable bonds is 3. The molecule has 1 heterocycles. The van der Waals surface area contributed by atoms with Gasteiger partial charge in [0.05, 0.1) is 13.2 Å². The molecular weight excluding hydrogens is 221 g/mol. The van der Waals surface area contributed by atoms with Crippen LogP contribution in [-0.2, 0) is 4.74 Å². The molecule has 0 radical (unpaired) electrons. The minimum atomic E-state index is -0.394. The Morgan fingerprint density at radius 3 is 2.88 bits per heavy atom. The fourth-order valence-electron chi connectivity index (χ4n) is 1.74. The predicted octanol–water partition coefficient (Wildman–Crippen LogP) is -0.203. The third-order valence-electron chi connectivity index (χ3n) is 2.61. The molecule has 1 amide bonds. The minimum Gasteiger partial charge on any atom is -0.539 e. The van der Waals surface area contributed by atoms with Crippen LogP contribution in [0.15, 0.2) is 24.3 Å². The number of benzene rings is 1. The highest BCUT2D eigenvalue weighted by Gasteiger charge is 2.18. The van der Waals surface area contributed by atoms with Gasteiger partial charge in [-0.2, -0.15) is 0 Å². The van der Waals surface area contributed by atoms with Crippen LogP contribution < -0.4 is 4.65 Å². The minimum absolute atomic E-state index is 0.0308. The third kappa shape index (κ3) is 2.98. The average molecular weight is 235 g/mol. The molecule has 90 valence electrons. The number of ether oxygens (including phenoxy) is 1. The molecule has 0 aliphatic carbocycles. The lowest BCUT2D eigenvalue weighted by Gasteiger charge is -2.26. The van der Waals surface area contributed by atoms with E-state index in [0.717, 1.165) is 0 Å². The molecule has 5 nitrogen and oxygen atoms in total. The fraction of sp³-hybridized carbons (Fsp3) is 0.364. The number of hydrogen-bond acceptors (Lipinski definition) is 4. The molecule has 0 saturated carbocycles. The normalized spacial score (nSPS) is 15.5. The monoisotopic (exact) mass is 235 g/mol. The molecule has 0 atom stereocenters. The molecular formula is C11H14BNO4. The summed E-state index contributed by atoms with van der Waals surface area (Å²) in [5.74, 6) is 0.461. The van der Waals surface area contributed by atoms with E-state index in [0.29, 0.717) is 37.6 Å². The van der Waals surface area contributed by atoms with Gasteiger partial charge < -0.3 is 19.3 Å². The molecule has 17 heavy (non-hydrogen) atoms.